The zero-order valence-electron chi connectivity index (χ0n) is 10.6. The molecule has 1 rings (SSSR count). The van der Waals surface area contributed by atoms with Crippen LogP contribution in [-0.2, 0) is 4.79 Å². The van der Waals surface area contributed by atoms with Crippen molar-refractivity contribution in [1.82, 2.24) is 4.98 Å². The van der Waals surface area contributed by atoms with Gasteiger partial charge in [-0.1, -0.05) is 13.8 Å². The van der Waals surface area contributed by atoms with E-state index in [1.165, 1.54) is 0 Å². The summed E-state index contributed by atoms with van der Waals surface area (Å²) in [7, 11) is 0. The third-order valence-corrected chi connectivity index (χ3v) is 3.33. The third-order valence-electron chi connectivity index (χ3n) is 3.33. The maximum atomic E-state index is 11.3. The molecule has 18 heavy (non-hydrogen) atoms. The lowest BCUT2D eigenvalue weighted by atomic mass is 9.82. The first-order valence-electron chi connectivity index (χ1n) is 5.92. The van der Waals surface area contributed by atoms with Gasteiger partial charge in [0.1, 0.15) is 11.9 Å². The number of aromatic nitrogens is 1. The van der Waals surface area contributed by atoms with Crippen LogP contribution in [0.15, 0.2) is 18.3 Å². The molecule has 0 amide bonds. The maximum Gasteiger partial charge on any atom is 0.311 e. The molecule has 5 nitrogen and oxygen atoms in total. The molecule has 0 atom stereocenters. The minimum Gasteiger partial charge on any atom is -0.481 e. The first-order valence-corrected chi connectivity index (χ1v) is 5.92. The molecule has 0 bridgehead atoms. The molecular weight excluding hydrogens is 230 g/mol. The van der Waals surface area contributed by atoms with Crippen molar-refractivity contribution in [3.05, 3.63) is 23.9 Å². The van der Waals surface area contributed by atoms with Crippen molar-refractivity contribution in [3.63, 3.8) is 0 Å². The molecule has 5 heteroatoms. The van der Waals surface area contributed by atoms with Crippen LogP contribution in [0.1, 0.15) is 32.3 Å². The minimum absolute atomic E-state index is 0.265. The van der Waals surface area contributed by atoms with Crippen LogP contribution < -0.4 is 5.32 Å². The molecule has 0 saturated carbocycles. The molecule has 1 aromatic rings. The summed E-state index contributed by atoms with van der Waals surface area (Å²) in [5.74, 6) is -0.387. The Hall–Kier alpha value is -2.09. The van der Waals surface area contributed by atoms with E-state index < -0.39 is 11.4 Å². The van der Waals surface area contributed by atoms with Crippen LogP contribution in [0.3, 0.4) is 0 Å². The van der Waals surface area contributed by atoms with Crippen LogP contribution in [-0.4, -0.2) is 22.6 Å². The summed E-state index contributed by atoms with van der Waals surface area (Å²) in [6.45, 7) is 3.97. The van der Waals surface area contributed by atoms with Crippen molar-refractivity contribution in [2.45, 2.75) is 26.7 Å². The second-order valence-electron chi connectivity index (χ2n) is 4.16. The van der Waals surface area contributed by atoms with Crippen LogP contribution in [0.5, 0.6) is 0 Å². The normalized spacial score (nSPS) is 10.7. The highest BCUT2D eigenvalue weighted by atomic mass is 16.4. The quantitative estimate of drug-likeness (QED) is 0.805. The Kier molecular flexibility index (Phi) is 4.67. The Morgan fingerprint density at radius 3 is 2.72 bits per heavy atom. The van der Waals surface area contributed by atoms with Crippen molar-refractivity contribution in [3.8, 4) is 6.07 Å². The number of hydrogen-bond acceptors (Lipinski definition) is 4. The number of carboxylic acid groups (broad SMARTS) is 1. The molecule has 0 aromatic carbocycles. The highest BCUT2D eigenvalue weighted by Gasteiger charge is 2.34. The average molecular weight is 247 g/mol. The standard InChI is InChI=1S/C13H17N3O2/c1-3-13(4-2,12(17)18)9-16-11-10(8-14)6-5-7-15-11/h5-7H,3-4,9H2,1-2H3,(H,15,16)(H,17,18). The van der Waals surface area contributed by atoms with E-state index in [0.29, 0.717) is 24.2 Å². The van der Waals surface area contributed by atoms with Gasteiger partial charge in [0.05, 0.1) is 11.0 Å². The number of rotatable bonds is 6. The third kappa shape index (κ3) is 2.77. The van der Waals surface area contributed by atoms with Gasteiger partial charge in [-0.05, 0) is 25.0 Å². The molecule has 1 aromatic heterocycles. The molecule has 96 valence electrons. The highest BCUT2D eigenvalue weighted by Crippen LogP contribution is 2.27. The number of aliphatic carboxylic acids is 1. The van der Waals surface area contributed by atoms with E-state index in [9.17, 15) is 9.90 Å². The second kappa shape index (κ2) is 6.01. The van der Waals surface area contributed by atoms with Gasteiger partial charge in [0.25, 0.3) is 0 Å². The first-order chi connectivity index (χ1) is 8.59. The van der Waals surface area contributed by atoms with Crippen LogP contribution in [0.2, 0.25) is 0 Å². The van der Waals surface area contributed by atoms with Crippen LogP contribution >= 0.6 is 0 Å². The molecule has 2 N–H and O–H groups in total. The van der Waals surface area contributed by atoms with Crippen LogP contribution in [0.4, 0.5) is 5.82 Å². The second-order valence-corrected chi connectivity index (χ2v) is 4.16. The lowest BCUT2D eigenvalue weighted by Crippen LogP contribution is -2.37. The van der Waals surface area contributed by atoms with Gasteiger partial charge >= 0.3 is 5.97 Å². The minimum atomic E-state index is -0.825. The van der Waals surface area contributed by atoms with E-state index in [0.717, 1.165) is 0 Å². The number of nitrogens with zero attached hydrogens (tertiary/aromatic N) is 2. The smallest absolute Gasteiger partial charge is 0.311 e. The predicted molar refractivity (Wildman–Crippen MR) is 68.1 cm³/mol. The monoisotopic (exact) mass is 247 g/mol. The fourth-order valence-electron chi connectivity index (χ4n) is 1.77. The number of anilines is 1. The summed E-state index contributed by atoms with van der Waals surface area (Å²) in [5, 5.41) is 21.2. The summed E-state index contributed by atoms with van der Waals surface area (Å²) in [4.78, 5) is 15.4. The molecule has 0 saturated heterocycles. The average Bonchev–Trinajstić information content (AvgIpc) is 2.40. The fourth-order valence-corrected chi connectivity index (χ4v) is 1.77. The number of carbonyl (C=O) groups is 1. The Balaban J connectivity index is 2.86. The van der Waals surface area contributed by atoms with E-state index in [4.69, 9.17) is 5.26 Å². The lowest BCUT2D eigenvalue weighted by Gasteiger charge is -2.27. The van der Waals surface area contributed by atoms with Gasteiger partial charge in [-0.25, -0.2) is 4.98 Å². The van der Waals surface area contributed by atoms with Crippen molar-refractivity contribution in [1.29, 1.82) is 5.26 Å². The van der Waals surface area contributed by atoms with E-state index in [2.05, 4.69) is 10.3 Å². The number of pyridine rings is 1. The number of hydrogen-bond donors (Lipinski definition) is 2. The van der Waals surface area contributed by atoms with Crippen molar-refractivity contribution < 1.29 is 9.90 Å². The molecule has 0 fully saturated rings. The molecule has 0 spiro atoms. The molecule has 0 aliphatic rings. The maximum absolute atomic E-state index is 11.3. The predicted octanol–water partition coefficient (Wildman–Crippen LogP) is 2.26. The zero-order valence-corrected chi connectivity index (χ0v) is 10.6. The topological polar surface area (TPSA) is 86.0 Å². The van der Waals surface area contributed by atoms with Crippen molar-refractivity contribution in [2.24, 2.45) is 5.41 Å². The number of nitrogens with one attached hydrogen (secondary N) is 1. The van der Waals surface area contributed by atoms with E-state index in [1.54, 1.807) is 18.3 Å². The lowest BCUT2D eigenvalue weighted by molar-refractivity contribution is -0.148. The Morgan fingerprint density at radius 1 is 1.56 bits per heavy atom. The van der Waals surface area contributed by atoms with Crippen LogP contribution in [0, 0.1) is 16.7 Å². The number of carboxylic acids is 1. The largest absolute Gasteiger partial charge is 0.481 e. The Morgan fingerprint density at radius 2 is 2.22 bits per heavy atom. The number of nitriles is 1. The molecule has 0 aliphatic heterocycles. The first kappa shape index (κ1) is 14.0. The summed E-state index contributed by atoms with van der Waals surface area (Å²) in [6.07, 6.45) is 2.63. The summed E-state index contributed by atoms with van der Waals surface area (Å²) < 4.78 is 0. The fraction of sp³-hybridized carbons (Fsp3) is 0.462. The summed E-state index contributed by atoms with van der Waals surface area (Å²) in [6, 6.07) is 5.35. The SMILES string of the molecule is CCC(CC)(CNc1ncccc1C#N)C(=O)O. The molecule has 0 unspecified atom stereocenters. The molecule has 1 heterocycles. The van der Waals surface area contributed by atoms with Gasteiger partial charge in [0, 0.05) is 12.7 Å². The van der Waals surface area contributed by atoms with E-state index in [-0.39, 0.29) is 6.54 Å². The van der Waals surface area contributed by atoms with Gasteiger partial charge in [-0.3, -0.25) is 4.79 Å². The summed E-state index contributed by atoms with van der Waals surface area (Å²) >= 11 is 0. The van der Waals surface area contributed by atoms with Gasteiger partial charge in [-0.2, -0.15) is 5.26 Å². The Bertz CT molecular complexity index is 462. The molecule has 0 radical (unpaired) electrons. The zero-order chi connectivity index (χ0) is 13.6. The van der Waals surface area contributed by atoms with Gasteiger partial charge in [0.2, 0.25) is 0 Å². The van der Waals surface area contributed by atoms with E-state index >= 15 is 0 Å². The van der Waals surface area contributed by atoms with Gasteiger partial charge in [-0.15, -0.1) is 0 Å². The Labute approximate surface area is 106 Å². The van der Waals surface area contributed by atoms with Crippen molar-refractivity contribution in [2.75, 3.05) is 11.9 Å². The van der Waals surface area contributed by atoms with Gasteiger partial charge < -0.3 is 10.4 Å². The highest BCUT2D eigenvalue weighted by molar-refractivity contribution is 5.75. The van der Waals surface area contributed by atoms with Crippen LogP contribution in [0.25, 0.3) is 0 Å². The molecule has 0 aliphatic carbocycles. The summed E-state index contributed by atoms with van der Waals surface area (Å²) in [5.41, 5.74) is -0.395. The van der Waals surface area contributed by atoms with E-state index in [1.807, 2.05) is 19.9 Å². The molecular formula is C13H17N3O2. The van der Waals surface area contributed by atoms with Gasteiger partial charge in [0.15, 0.2) is 0 Å². The van der Waals surface area contributed by atoms with Crippen molar-refractivity contribution >= 4 is 11.8 Å².